The summed E-state index contributed by atoms with van der Waals surface area (Å²) in [6.07, 6.45) is -14.1. The summed E-state index contributed by atoms with van der Waals surface area (Å²) in [5, 5.41) is 101. The summed E-state index contributed by atoms with van der Waals surface area (Å²) >= 11 is 0. The summed E-state index contributed by atoms with van der Waals surface area (Å²) in [4.78, 5) is 0. The molecule has 2 saturated heterocycles. The van der Waals surface area contributed by atoms with Crippen molar-refractivity contribution in [2.24, 2.45) is 0 Å². The van der Waals surface area contributed by atoms with E-state index in [-0.39, 0.29) is 23.5 Å². The van der Waals surface area contributed by atoms with E-state index in [1.54, 1.807) is 0 Å². The highest BCUT2D eigenvalue weighted by atomic mass is 16.7. The van der Waals surface area contributed by atoms with Crippen molar-refractivity contribution < 1.29 is 70.0 Å². The average Bonchev–Trinajstić information content (AvgIpc) is 2.88. The molecule has 1 aromatic rings. The summed E-state index contributed by atoms with van der Waals surface area (Å²) in [5.41, 5.74) is 0.0554. The summed E-state index contributed by atoms with van der Waals surface area (Å²) < 4.78 is 22.1. The number of rotatable bonds is 10. The lowest BCUT2D eigenvalue weighted by Gasteiger charge is -2.40. The molecule has 14 nitrogen and oxygen atoms in total. The van der Waals surface area contributed by atoms with Crippen LogP contribution in [0, 0.1) is 0 Å². The molecule has 14 heteroatoms. The van der Waals surface area contributed by atoms with Crippen molar-refractivity contribution in [1.29, 1.82) is 0 Å². The Morgan fingerprint density at radius 2 is 1.11 bits per heavy atom. The van der Waals surface area contributed by atoms with E-state index in [2.05, 4.69) is 0 Å². The van der Waals surface area contributed by atoms with E-state index < -0.39 is 86.1 Å². The molecule has 10 N–H and O–H groups in total. The molecule has 10 atom stereocenters. The van der Waals surface area contributed by atoms with Crippen molar-refractivity contribution >= 4 is 0 Å². The maximum Gasteiger partial charge on any atom is 0.229 e. The number of aliphatic hydroxyl groups is 8. The fourth-order valence-corrected chi connectivity index (χ4v) is 4.28. The lowest BCUT2D eigenvalue weighted by Crippen LogP contribution is -2.60. The SMILES string of the molecule is CCCCCc1c(OC2OC(CO)C(O)C(O)C2O)c(O)cc(O)c1OC1OC(CO)C(O)C(O)C1O. The Morgan fingerprint density at radius 1 is 0.676 bits per heavy atom. The molecule has 2 aliphatic heterocycles. The van der Waals surface area contributed by atoms with Crippen LogP contribution in [0.15, 0.2) is 6.07 Å². The van der Waals surface area contributed by atoms with Crippen LogP contribution < -0.4 is 9.47 Å². The molecule has 3 rings (SSSR count). The molecule has 0 aliphatic carbocycles. The maximum atomic E-state index is 10.6. The van der Waals surface area contributed by atoms with Crippen LogP contribution in [0.1, 0.15) is 31.7 Å². The molecule has 212 valence electrons. The van der Waals surface area contributed by atoms with Gasteiger partial charge < -0.3 is 70.0 Å². The predicted molar refractivity (Wildman–Crippen MR) is 122 cm³/mol. The topological polar surface area (TPSA) is 239 Å². The Morgan fingerprint density at radius 3 is 1.49 bits per heavy atom. The number of aromatic hydroxyl groups is 2. The molecule has 2 aliphatic rings. The Labute approximate surface area is 212 Å². The largest absolute Gasteiger partial charge is 0.504 e. The Bertz CT molecular complexity index is 817. The van der Waals surface area contributed by atoms with Gasteiger partial charge in [0, 0.05) is 11.6 Å². The molecule has 10 unspecified atom stereocenters. The van der Waals surface area contributed by atoms with Crippen molar-refractivity contribution in [2.45, 2.75) is 94.0 Å². The van der Waals surface area contributed by atoms with Gasteiger partial charge in [-0.05, 0) is 12.8 Å². The van der Waals surface area contributed by atoms with Crippen LogP contribution in [0.3, 0.4) is 0 Å². The highest BCUT2D eigenvalue weighted by Crippen LogP contribution is 2.46. The summed E-state index contributed by atoms with van der Waals surface area (Å²) in [7, 11) is 0. The van der Waals surface area contributed by atoms with E-state index in [9.17, 15) is 51.1 Å². The average molecular weight is 537 g/mol. The molecule has 2 heterocycles. The first-order valence-electron chi connectivity index (χ1n) is 12.1. The predicted octanol–water partition coefficient (Wildman–Crippen LogP) is -2.81. The van der Waals surface area contributed by atoms with Crippen LogP contribution in [-0.2, 0) is 15.9 Å². The fourth-order valence-electron chi connectivity index (χ4n) is 4.28. The number of ether oxygens (including phenoxy) is 4. The van der Waals surface area contributed by atoms with Gasteiger partial charge in [0.15, 0.2) is 23.0 Å². The molecule has 0 amide bonds. The molecule has 2 fully saturated rings. The van der Waals surface area contributed by atoms with Gasteiger partial charge in [0.05, 0.1) is 13.2 Å². The Balaban J connectivity index is 1.98. The second kappa shape index (κ2) is 12.7. The zero-order valence-corrected chi connectivity index (χ0v) is 20.2. The van der Waals surface area contributed by atoms with Crippen LogP contribution in [0.5, 0.6) is 23.0 Å². The molecule has 1 aromatic carbocycles. The zero-order valence-electron chi connectivity index (χ0n) is 20.2. The van der Waals surface area contributed by atoms with Gasteiger partial charge in [0.25, 0.3) is 0 Å². The normalized spacial score (nSPS) is 36.4. The van der Waals surface area contributed by atoms with E-state index in [0.29, 0.717) is 6.42 Å². The van der Waals surface area contributed by atoms with E-state index in [0.717, 1.165) is 18.9 Å². The number of hydrogen-bond acceptors (Lipinski definition) is 14. The van der Waals surface area contributed by atoms with E-state index in [1.165, 1.54) is 0 Å². The fraction of sp³-hybridized carbons (Fsp3) is 0.739. The molecular weight excluding hydrogens is 500 g/mol. The minimum atomic E-state index is -1.79. The third-order valence-corrected chi connectivity index (χ3v) is 6.48. The molecule has 37 heavy (non-hydrogen) atoms. The first-order chi connectivity index (χ1) is 17.5. The van der Waals surface area contributed by atoms with Crippen molar-refractivity contribution in [1.82, 2.24) is 0 Å². The number of benzene rings is 1. The molecular formula is C23H36O14. The van der Waals surface area contributed by atoms with Crippen LogP contribution in [0.2, 0.25) is 0 Å². The molecule has 0 spiro atoms. The molecule has 0 saturated carbocycles. The monoisotopic (exact) mass is 536 g/mol. The van der Waals surface area contributed by atoms with Crippen LogP contribution in [-0.4, -0.2) is 126 Å². The van der Waals surface area contributed by atoms with Gasteiger partial charge in [-0.25, -0.2) is 0 Å². The maximum absolute atomic E-state index is 10.6. The van der Waals surface area contributed by atoms with Gasteiger partial charge >= 0.3 is 0 Å². The van der Waals surface area contributed by atoms with E-state index in [1.807, 2.05) is 6.92 Å². The number of phenolic OH excluding ortho intramolecular Hbond substituents is 2. The first-order valence-corrected chi connectivity index (χ1v) is 12.1. The minimum absolute atomic E-state index is 0.0554. The summed E-state index contributed by atoms with van der Waals surface area (Å²) in [6, 6.07) is 0.849. The summed E-state index contributed by atoms with van der Waals surface area (Å²) in [5.74, 6) is -1.83. The van der Waals surface area contributed by atoms with E-state index in [4.69, 9.17) is 18.9 Å². The zero-order chi connectivity index (χ0) is 27.4. The van der Waals surface area contributed by atoms with Crippen molar-refractivity contribution in [3.63, 3.8) is 0 Å². The van der Waals surface area contributed by atoms with Crippen LogP contribution >= 0.6 is 0 Å². The number of phenols is 2. The number of aliphatic hydroxyl groups excluding tert-OH is 8. The van der Waals surface area contributed by atoms with Crippen molar-refractivity contribution in [3.05, 3.63) is 11.6 Å². The van der Waals surface area contributed by atoms with Gasteiger partial charge in [0.2, 0.25) is 12.6 Å². The highest BCUT2D eigenvalue weighted by Gasteiger charge is 2.47. The quantitative estimate of drug-likeness (QED) is 0.136. The van der Waals surface area contributed by atoms with Crippen LogP contribution in [0.25, 0.3) is 0 Å². The van der Waals surface area contributed by atoms with Gasteiger partial charge in [-0.3, -0.25) is 0 Å². The lowest BCUT2D eigenvalue weighted by molar-refractivity contribution is -0.279. The number of unbranched alkanes of at least 4 members (excludes halogenated alkanes) is 2. The Hall–Kier alpha value is -1.98. The lowest BCUT2D eigenvalue weighted by atomic mass is 9.98. The first kappa shape index (κ1) is 29.6. The van der Waals surface area contributed by atoms with Gasteiger partial charge in [0.1, 0.15) is 48.8 Å². The van der Waals surface area contributed by atoms with Crippen molar-refractivity contribution in [2.75, 3.05) is 13.2 Å². The third kappa shape index (κ3) is 6.20. The molecule has 0 bridgehead atoms. The summed E-state index contributed by atoms with van der Waals surface area (Å²) in [6.45, 7) is 0.527. The molecule has 0 radical (unpaired) electrons. The third-order valence-electron chi connectivity index (χ3n) is 6.48. The highest BCUT2D eigenvalue weighted by molar-refractivity contribution is 5.60. The molecule has 0 aromatic heterocycles. The van der Waals surface area contributed by atoms with Gasteiger partial charge in [-0.15, -0.1) is 0 Å². The van der Waals surface area contributed by atoms with Gasteiger partial charge in [-0.1, -0.05) is 19.8 Å². The minimum Gasteiger partial charge on any atom is -0.504 e. The standard InChI is InChI=1S/C23H36O14/c1-2-3-4-5-9-20(36-22-18(32)16(30)14(28)12(7-24)34-22)10(26)6-11(27)21(9)37-23-19(33)17(31)15(29)13(8-25)35-23/h6,12-19,22-33H,2-5,7-8H2,1H3. The van der Waals surface area contributed by atoms with Crippen LogP contribution in [0.4, 0.5) is 0 Å². The second-order valence-electron chi connectivity index (χ2n) is 9.14. The second-order valence-corrected chi connectivity index (χ2v) is 9.14. The van der Waals surface area contributed by atoms with E-state index >= 15 is 0 Å². The number of hydrogen-bond donors (Lipinski definition) is 10. The Kier molecular flexibility index (Phi) is 10.2. The van der Waals surface area contributed by atoms with Gasteiger partial charge in [-0.2, -0.15) is 0 Å². The smallest absolute Gasteiger partial charge is 0.229 e. The van der Waals surface area contributed by atoms with Crippen molar-refractivity contribution in [3.8, 4) is 23.0 Å².